The van der Waals surface area contributed by atoms with E-state index in [1.165, 1.54) is 24.3 Å². The van der Waals surface area contributed by atoms with Crippen LogP contribution in [0.4, 0.5) is 15.8 Å². The summed E-state index contributed by atoms with van der Waals surface area (Å²) in [4.78, 5) is 23.9. The van der Waals surface area contributed by atoms with Gasteiger partial charge < -0.3 is 10.6 Å². The van der Waals surface area contributed by atoms with E-state index in [2.05, 4.69) is 10.6 Å². The van der Waals surface area contributed by atoms with E-state index in [0.29, 0.717) is 18.5 Å². The molecule has 2 aromatic carbocycles. The average molecular weight is 360 g/mol. The van der Waals surface area contributed by atoms with Gasteiger partial charge in [-0.05, 0) is 42.8 Å². The standard InChI is InChI=1S/C18H15ClFN3O2/c1-2-3-17(24)22-12-5-7-14(19)16(9-12)23-18(25)13-6-4-11(10-21)8-15(13)20/h4-9H,2-3H2,1H3,(H,22,24)(H,23,25). The Balaban J connectivity index is 2.20. The molecule has 0 bridgehead atoms. The summed E-state index contributed by atoms with van der Waals surface area (Å²) in [6, 6.07) is 9.98. The van der Waals surface area contributed by atoms with Crippen molar-refractivity contribution in [2.45, 2.75) is 19.8 Å². The Bertz CT molecular complexity index is 862. The first-order valence-electron chi connectivity index (χ1n) is 7.55. The fourth-order valence-electron chi connectivity index (χ4n) is 2.11. The van der Waals surface area contributed by atoms with Gasteiger partial charge >= 0.3 is 0 Å². The summed E-state index contributed by atoms with van der Waals surface area (Å²) in [5.74, 6) is -1.67. The first-order valence-corrected chi connectivity index (χ1v) is 7.92. The Morgan fingerprint density at radius 2 is 1.96 bits per heavy atom. The highest BCUT2D eigenvalue weighted by atomic mass is 35.5. The minimum Gasteiger partial charge on any atom is -0.326 e. The third-order valence-electron chi connectivity index (χ3n) is 3.32. The number of nitrogens with one attached hydrogen (secondary N) is 2. The molecule has 0 fully saturated rings. The lowest BCUT2D eigenvalue weighted by atomic mass is 10.1. The topological polar surface area (TPSA) is 82.0 Å². The normalized spacial score (nSPS) is 10.0. The van der Waals surface area contributed by atoms with Crippen molar-refractivity contribution in [2.75, 3.05) is 10.6 Å². The van der Waals surface area contributed by atoms with E-state index >= 15 is 0 Å². The van der Waals surface area contributed by atoms with Crippen molar-refractivity contribution in [1.82, 2.24) is 0 Å². The summed E-state index contributed by atoms with van der Waals surface area (Å²) in [5.41, 5.74) is 0.617. The zero-order chi connectivity index (χ0) is 18.4. The third-order valence-corrected chi connectivity index (χ3v) is 3.65. The molecule has 0 unspecified atom stereocenters. The Morgan fingerprint density at radius 3 is 2.60 bits per heavy atom. The van der Waals surface area contributed by atoms with Gasteiger partial charge in [-0.3, -0.25) is 9.59 Å². The number of halogens is 2. The monoisotopic (exact) mass is 359 g/mol. The maximum atomic E-state index is 13.9. The van der Waals surface area contributed by atoms with Crippen LogP contribution in [0.5, 0.6) is 0 Å². The van der Waals surface area contributed by atoms with E-state index in [4.69, 9.17) is 16.9 Å². The molecule has 0 heterocycles. The minimum atomic E-state index is -0.805. The number of hydrogen-bond donors (Lipinski definition) is 2. The fraction of sp³-hybridized carbons (Fsp3) is 0.167. The van der Waals surface area contributed by atoms with Crippen molar-refractivity contribution in [3.8, 4) is 6.07 Å². The number of hydrogen-bond acceptors (Lipinski definition) is 3. The Morgan fingerprint density at radius 1 is 1.20 bits per heavy atom. The van der Waals surface area contributed by atoms with Gasteiger partial charge in [0, 0.05) is 12.1 Å². The molecule has 0 aliphatic rings. The molecular formula is C18H15ClFN3O2. The fourth-order valence-corrected chi connectivity index (χ4v) is 2.27. The van der Waals surface area contributed by atoms with Crippen LogP contribution in [0, 0.1) is 17.1 Å². The molecule has 2 N–H and O–H groups in total. The second-order valence-electron chi connectivity index (χ2n) is 5.25. The van der Waals surface area contributed by atoms with Crippen molar-refractivity contribution >= 4 is 34.8 Å². The molecule has 5 nitrogen and oxygen atoms in total. The maximum Gasteiger partial charge on any atom is 0.258 e. The maximum absolute atomic E-state index is 13.9. The number of benzene rings is 2. The molecule has 2 amide bonds. The SMILES string of the molecule is CCCC(=O)Nc1ccc(Cl)c(NC(=O)c2ccc(C#N)cc2F)c1. The molecule has 0 aromatic heterocycles. The van der Waals surface area contributed by atoms with Crippen molar-refractivity contribution in [3.05, 3.63) is 58.4 Å². The highest BCUT2D eigenvalue weighted by Crippen LogP contribution is 2.26. The van der Waals surface area contributed by atoms with Gasteiger partial charge in [-0.15, -0.1) is 0 Å². The lowest BCUT2D eigenvalue weighted by Gasteiger charge is -2.11. The molecular weight excluding hydrogens is 345 g/mol. The van der Waals surface area contributed by atoms with E-state index in [1.54, 1.807) is 12.1 Å². The lowest BCUT2D eigenvalue weighted by Crippen LogP contribution is -2.15. The molecule has 2 rings (SSSR count). The van der Waals surface area contributed by atoms with Crippen LogP contribution in [0.1, 0.15) is 35.7 Å². The predicted molar refractivity (Wildman–Crippen MR) is 94.1 cm³/mol. The van der Waals surface area contributed by atoms with Gasteiger partial charge in [-0.25, -0.2) is 4.39 Å². The van der Waals surface area contributed by atoms with Crippen LogP contribution in [0.2, 0.25) is 5.02 Å². The van der Waals surface area contributed by atoms with E-state index in [1.807, 2.05) is 6.92 Å². The van der Waals surface area contributed by atoms with Gasteiger partial charge in [0.15, 0.2) is 0 Å². The summed E-state index contributed by atoms with van der Waals surface area (Å²) < 4.78 is 13.9. The van der Waals surface area contributed by atoms with Gasteiger partial charge in [0.2, 0.25) is 5.91 Å². The molecule has 0 atom stereocenters. The number of rotatable bonds is 5. The summed E-state index contributed by atoms with van der Waals surface area (Å²) >= 11 is 6.05. The van der Waals surface area contributed by atoms with Crippen LogP contribution in [0.15, 0.2) is 36.4 Å². The summed E-state index contributed by atoms with van der Waals surface area (Å²) in [7, 11) is 0. The molecule has 0 aliphatic heterocycles. The van der Waals surface area contributed by atoms with E-state index in [9.17, 15) is 14.0 Å². The highest BCUT2D eigenvalue weighted by Gasteiger charge is 2.14. The van der Waals surface area contributed by atoms with E-state index in [-0.39, 0.29) is 27.7 Å². The van der Waals surface area contributed by atoms with Crippen LogP contribution >= 0.6 is 11.6 Å². The molecule has 128 valence electrons. The number of carbonyl (C=O) groups is 2. The molecule has 7 heteroatoms. The second kappa shape index (κ2) is 8.27. The number of anilines is 2. The van der Waals surface area contributed by atoms with Gasteiger partial charge in [0.25, 0.3) is 5.91 Å². The molecule has 25 heavy (non-hydrogen) atoms. The van der Waals surface area contributed by atoms with Crippen LogP contribution in [-0.4, -0.2) is 11.8 Å². The van der Waals surface area contributed by atoms with E-state index in [0.717, 1.165) is 6.07 Å². The van der Waals surface area contributed by atoms with Crippen molar-refractivity contribution in [2.24, 2.45) is 0 Å². The number of nitrogens with zero attached hydrogens (tertiary/aromatic N) is 1. The summed E-state index contributed by atoms with van der Waals surface area (Å²) in [6.07, 6.45) is 1.09. The van der Waals surface area contributed by atoms with Crippen LogP contribution in [0.3, 0.4) is 0 Å². The van der Waals surface area contributed by atoms with Crippen LogP contribution in [0.25, 0.3) is 0 Å². The first kappa shape index (κ1) is 18.4. The van der Waals surface area contributed by atoms with Crippen molar-refractivity contribution in [1.29, 1.82) is 5.26 Å². The first-order chi connectivity index (χ1) is 11.9. The smallest absolute Gasteiger partial charge is 0.258 e. The van der Waals surface area contributed by atoms with Crippen molar-refractivity contribution < 1.29 is 14.0 Å². The number of nitriles is 1. The van der Waals surface area contributed by atoms with Crippen LogP contribution in [-0.2, 0) is 4.79 Å². The zero-order valence-corrected chi connectivity index (χ0v) is 14.2. The lowest BCUT2D eigenvalue weighted by molar-refractivity contribution is -0.116. The largest absolute Gasteiger partial charge is 0.326 e. The minimum absolute atomic E-state index is 0.118. The predicted octanol–water partition coefficient (Wildman–Crippen LogP) is 4.34. The third kappa shape index (κ3) is 4.78. The highest BCUT2D eigenvalue weighted by molar-refractivity contribution is 6.34. The molecule has 0 saturated heterocycles. The quantitative estimate of drug-likeness (QED) is 0.833. The van der Waals surface area contributed by atoms with Gasteiger partial charge in [0.1, 0.15) is 5.82 Å². The van der Waals surface area contributed by atoms with Gasteiger partial charge in [0.05, 0.1) is 27.9 Å². The second-order valence-corrected chi connectivity index (χ2v) is 5.66. The number of carbonyl (C=O) groups excluding carboxylic acids is 2. The van der Waals surface area contributed by atoms with Crippen molar-refractivity contribution in [3.63, 3.8) is 0 Å². The molecule has 0 spiro atoms. The Hall–Kier alpha value is -2.91. The zero-order valence-electron chi connectivity index (χ0n) is 13.4. The summed E-state index contributed by atoms with van der Waals surface area (Å²) in [6.45, 7) is 1.89. The number of amides is 2. The Kier molecular flexibility index (Phi) is 6.09. The van der Waals surface area contributed by atoms with Gasteiger partial charge in [-0.2, -0.15) is 5.26 Å². The molecule has 0 aliphatic carbocycles. The molecule has 0 radical (unpaired) electrons. The van der Waals surface area contributed by atoms with E-state index < -0.39 is 11.7 Å². The van der Waals surface area contributed by atoms with Gasteiger partial charge in [-0.1, -0.05) is 18.5 Å². The average Bonchev–Trinajstić information content (AvgIpc) is 2.57. The molecule has 0 saturated carbocycles. The molecule has 2 aromatic rings. The van der Waals surface area contributed by atoms with Crippen LogP contribution < -0.4 is 10.6 Å². The Labute approximate surface area is 149 Å². The summed E-state index contributed by atoms with van der Waals surface area (Å²) in [5, 5.41) is 14.2.